The molecule has 1 aromatic heterocycles. The van der Waals surface area contributed by atoms with E-state index in [2.05, 4.69) is 36.4 Å². The molecule has 0 aliphatic carbocycles. The van der Waals surface area contributed by atoms with Gasteiger partial charge in [-0.05, 0) is 31.4 Å². The molecule has 0 spiro atoms. The fourth-order valence-corrected chi connectivity index (χ4v) is 1.31. The van der Waals surface area contributed by atoms with Gasteiger partial charge in [-0.1, -0.05) is 20.8 Å². The molecule has 1 rings (SSSR count). The van der Waals surface area contributed by atoms with Crippen molar-refractivity contribution < 1.29 is 4.79 Å². The van der Waals surface area contributed by atoms with E-state index in [1.165, 1.54) is 0 Å². The Labute approximate surface area is 109 Å². The number of carbonyl (C=O) groups is 1. The predicted molar refractivity (Wildman–Crippen MR) is 74.8 cm³/mol. The number of nitrogens with one attached hydrogen (secondary N) is 2. The number of nitrogens with zero attached hydrogens (tertiary/aromatic N) is 1. The van der Waals surface area contributed by atoms with E-state index in [1.54, 1.807) is 12.3 Å². The van der Waals surface area contributed by atoms with Gasteiger partial charge in [0.05, 0.1) is 5.56 Å². The molecule has 1 aromatic rings. The molecule has 1 unspecified atom stereocenters. The number of rotatable bonds is 4. The van der Waals surface area contributed by atoms with Gasteiger partial charge in [0.2, 0.25) is 0 Å². The summed E-state index contributed by atoms with van der Waals surface area (Å²) in [5.74, 6) is 0.714. The standard InChI is InChI=1S/C14H23N3O/c1-6-15-12-8-7-11(9-16-12)13(18)17-10(2)14(3,4)5/h7-10H,6H2,1-5H3,(H,15,16)(H,17,18). The van der Waals surface area contributed by atoms with Crippen LogP contribution in [0.4, 0.5) is 5.82 Å². The lowest BCUT2D eigenvalue weighted by Crippen LogP contribution is -2.41. The number of aromatic nitrogens is 1. The molecule has 0 saturated carbocycles. The van der Waals surface area contributed by atoms with Gasteiger partial charge < -0.3 is 10.6 Å². The highest BCUT2D eigenvalue weighted by atomic mass is 16.1. The summed E-state index contributed by atoms with van der Waals surface area (Å²) in [6.45, 7) is 11.1. The Morgan fingerprint density at radius 3 is 2.50 bits per heavy atom. The summed E-state index contributed by atoms with van der Waals surface area (Å²) in [6, 6.07) is 3.72. The van der Waals surface area contributed by atoms with Crippen molar-refractivity contribution in [1.29, 1.82) is 0 Å². The quantitative estimate of drug-likeness (QED) is 0.862. The Hall–Kier alpha value is -1.58. The molecule has 4 nitrogen and oxygen atoms in total. The number of carbonyl (C=O) groups excluding carboxylic acids is 1. The lowest BCUT2D eigenvalue weighted by atomic mass is 9.88. The summed E-state index contributed by atoms with van der Waals surface area (Å²) in [6.07, 6.45) is 1.60. The van der Waals surface area contributed by atoms with Crippen LogP contribution in [0.1, 0.15) is 45.0 Å². The van der Waals surface area contributed by atoms with Crippen molar-refractivity contribution in [2.75, 3.05) is 11.9 Å². The number of amides is 1. The van der Waals surface area contributed by atoms with E-state index < -0.39 is 0 Å². The topological polar surface area (TPSA) is 54.0 Å². The zero-order valence-corrected chi connectivity index (χ0v) is 11.9. The molecular weight excluding hydrogens is 226 g/mol. The molecule has 0 aliphatic rings. The monoisotopic (exact) mass is 249 g/mol. The van der Waals surface area contributed by atoms with E-state index >= 15 is 0 Å². The third-order valence-electron chi connectivity index (χ3n) is 3.03. The summed E-state index contributed by atoms with van der Waals surface area (Å²) in [5, 5.41) is 6.08. The summed E-state index contributed by atoms with van der Waals surface area (Å²) in [7, 11) is 0. The molecule has 0 fully saturated rings. The van der Waals surface area contributed by atoms with Crippen molar-refractivity contribution >= 4 is 11.7 Å². The number of hydrogen-bond donors (Lipinski definition) is 2. The van der Waals surface area contributed by atoms with Crippen molar-refractivity contribution in [1.82, 2.24) is 10.3 Å². The lowest BCUT2D eigenvalue weighted by Gasteiger charge is -2.28. The van der Waals surface area contributed by atoms with Crippen LogP contribution in [0.2, 0.25) is 0 Å². The smallest absolute Gasteiger partial charge is 0.253 e. The van der Waals surface area contributed by atoms with E-state index in [9.17, 15) is 4.79 Å². The van der Waals surface area contributed by atoms with Crippen molar-refractivity contribution in [3.05, 3.63) is 23.9 Å². The molecule has 4 heteroatoms. The minimum Gasteiger partial charge on any atom is -0.370 e. The first kappa shape index (κ1) is 14.5. The van der Waals surface area contributed by atoms with Gasteiger partial charge in [0.15, 0.2) is 0 Å². The minimum absolute atomic E-state index is 0.0484. The maximum Gasteiger partial charge on any atom is 0.253 e. The molecule has 100 valence electrons. The Kier molecular flexibility index (Phi) is 4.70. The molecule has 0 saturated heterocycles. The van der Waals surface area contributed by atoms with E-state index in [0.717, 1.165) is 12.4 Å². The van der Waals surface area contributed by atoms with E-state index in [0.29, 0.717) is 5.56 Å². The van der Waals surface area contributed by atoms with Crippen LogP contribution in [-0.2, 0) is 0 Å². The fourth-order valence-electron chi connectivity index (χ4n) is 1.31. The van der Waals surface area contributed by atoms with Gasteiger partial charge in [-0.15, -0.1) is 0 Å². The van der Waals surface area contributed by atoms with Gasteiger partial charge in [0.25, 0.3) is 5.91 Å². The fraction of sp³-hybridized carbons (Fsp3) is 0.571. The molecule has 1 atom stereocenters. The van der Waals surface area contributed by atoms with Gasteiger partial charge >= 0.3 is 0 Å². The largest absolute Gasteiger partial charge is 0.370 e. The van der Waals surface area contributed by atoms with Crippen LogP contribution >= 0.6 is 0 Å². The van der Waals surface area contributed by atoms with E-state index in [4.69, 9.17) is 0 Å². The maximum absolute atomic E-state index is 12.0. The Balaban J connectivity index is 2.67. The first-order valence-electron chi connectivity index (χ1n) is 6.35. The van der Waals surface area contributed by atoms with Gasteiger partial charge in [-0.3, -0.25) is 4.79 Å². The first-order chi connectivity index (χ1) is 8.34. The minimum atomic E-state index is -0.0760. The van der Waals surface area contributed by atoms with Crippen LogP contribution in [0.15, 0.2) is 18.3 Å². The van der Waals surface area contributed by atoms with Crippen LogP contribution in [0, 0.1) is 5.41 Å². The highest BCUT2D eigenvalue weighted by Crippen LogP contribution is 2.18. The number of hydrogen-bond acceptors (Lipinski definition) is 3. The summed E-state index contributed by atoms with van der Waals surface area (Å²) >= 11 is 0. The zero-order chi connectivity index (χ0) is 13.8. The van der Waals surface area contributed by atoms with Gasteiger partial charge in [-0.2, -0.15) is 0 Å². The molecule has 0 radical (unpaired) electrons. The average Bonchev–Trinajstić information content (AvgIpc) is 2.29. The highest BCUT2D eigenvalue weighted by Gasteiger charge is 2.22. The molecule has 1 amide bonds. The first-order valence-corrected chi connectivity index (χ1v) is 6.35. The van der Waals surface area contributed by atoms with Crippen LogP contribution in [0.3, 0.4) is 0 Å². The normalized spacial score (nSPS) is 12.9. The molecule has 2 N–H and O–H groups in total. The Bertz CT molecular complexity index is 392. The molecule has 0 aromatic carbocycles. The van der Waals surface area contributed by atoms with Gasteiger partial charge in [0, 0.05) is 18.8 Å². The molecule has 0 aliphatic heterocycles. The third kappa shape index (κ3) is 4.02. The van der Waals surface area contributed by atoms with Crippen LogP contribution in [0.5, 0.6) is 0 Å². The summed E-state index contributed by atoms with van der Waals surface area (Å²) < 4.78 is 0. The summed E-state index contributed by atoms with van der Waals surface area (Å²) in [5.41, 5.74) is 0.639. The second kappa shape index (κ2) is 5.85. The zero-order valence-electron chi connectivity index (χ0n) is 11.9. The van der Waals surface area contributed by atoms with Crippen molar-refractivity contribution in [3.63, 3.8) is 0 Å². The third-order valence-corrected chi connectivity index (χ3v) is 3.03. The highest BCUT2D eigenvalue weighted by molar-refractivity contribution is 5.94. The average molecular weight is 249 g/mol. The SMILES string of the molecule is CCNc1ccc(C(=O)NC(C)C(C)(C)C)cn1. The second-order valence-corrected chi connectivity index (χ2v) is 5.52. The van der Waals surface area contributed by atoms with Crippen molar-refractivity contribution in [2.24, 2.45) is 5.41 Å². The molecule has 18 heavy (non-hydrogen) atoms. The summed E-state index contributed by atoms with van der Waals surface area (Å²) in [4.78, 5) is 16.2. The lowest BCUT2D eigenvalue weighted by molar-refractivity contribution is 0.0910. The Morgan fingerprint density at radius 1 is 1.39 bits per heavy atom. The number of pyridine rings is 1. The van der Waals surface area contributed by atoms with Crippen molar-refractivity contribution in [3.8, 4) is 0 Å². The second-order valence-electron chi connectivity index (χ2n) is 5.52. The van der Waals surface area contributed by atoms with E-state index in [-0.39, 0.29) is 17.4 Å². The Morgan fingerprint density at radius 2 is 2.06 bits per heavy atom. The van der Waals surface area contributed by atoms with E-state index in [1.807, 2.05) is 19.9 Å². The van der Waals surface area contributed by atoms with Crippen LogP contribution in [-0.4, -0.2) is 23.5 Å². The van der Waals surface area contributed by atoms with Crippen LogP contribution in [0.25, 0.3) is 0 Å². The predicted octanol–water partition coefficient (Wildman–Crippen LogP) is 2.68. The van der Waals surface area contributed by atoms with Gasteiger partial charge in [-0.25, -0.2) is 4.98 Å². The maximum atomic E-state index is 12.0. The molecular formula is C14H23N3O. The van der Waals surface area contributed by atoms with Crippen molar-refractivity contribution in [2.45, 2.75) is 40.7 Å². The van der Waals surface area contributed by atoms with Crippen LogP contribution < -0.4 is 10.6 Å². The molecule has 1 heterocycles. The number of anilines is 1. The molecule has 0 bridgehead atoms. The van der Waals surface area contributed by atoms with Gasteiger partial charge in [0.1, 0.15) is 5.82 Å².